The van der Waals surface area contributed by atoms with E-state index >= 15 is 0 Å². The fraction of sp³-hybridized carbons (Fsp3) is 0.833. The van der Waals surface area contributed by atoms with Gasteiger partial charge in [-0.2, -0.15) is 0 Å². The van der Waals surface area contributed by atoms with Crippen molar-refractivity contribution in [2.75, 3.05) is 0 Å². The highest BCUT2D eigenvalue weighted by Crippen LogP contribution is 2.67. The molecular formula is C30H48O5. The zero-order chi connectivity index (χ0) is 25.9. The molecule has 0 bridgehead atoms. The minimum Gasteiger partial charge on any atom is -0.462 e. The molecular weight excluding hydrogens is 440 g/mol. The van der Waals surface area contributed by atoms with Gasteiger partial charge in [0.2, 0.25) is 0 Å². The normalized spacial score (nSPS) is 47.0. The van der Waals surface area contributed by atoms with Gasteiger partial charge in [0.25, 0.3) is 0 Å². The zero-order valence-corrected chi connectivity index (χ0v) is 22.8. The van der Waals surface area contributed by atoms with Gasteiger partial charge in [-0.15, -0.1) is 0 Å². The SMILES string of the molecule is CC(=O)OC1CC2C3C(O)C=C4CC(O)CCC4(C)C3C(O)CC2(C)C1C(C)C=CC(C)C(C)C. The highest BCUT2D eigenvalue weighted by atomic mass is 16.5. The Balaban J connectivity index is 1.72. The van der Waals surface area contributed by atoms with Crippen molar-refractivity contribution in [1.82, 2.24) is 0 Å². The van der Waals surface area contributed by atoms with Crippen molar-refractivity contribution in [3.8, 4) is 0 Å². The van der Waals surface area contributed by atoms with Gasteiger partial charge >= 0.3 is 5.97 Å². The van der Waals surface area contributed by atoms with Crippen LogP contribution in [0.3, 0.4) is 0 Å². The first-order valence-electron chi connectivity index (χ1n) is 13.9. The van der Waals surface area contributed by atoms with E-state index in [1.165, 1.54) is 6.92 Å². The van der Waals surface area contributed by atoms with E-state index in [0.29, 0.717) is 24.7 Å². The van der Waals surface area contributed by atoms with Crippen molar-refractivity contribution in [2.45, 2.75) is 105 Å². The molecule has 0 spiro atoms. The Morgan fingerprint density at radius 1 is 1.14 bits per heavy atom. The van der Waals surface area contributed by atoms with Gasteiger partial charge in [0.15, 0.2) is 0 Å². The van der Waals surface area contributed by atoms with Gasteiger partial charge < -0.3 is 20.1 Å². The lowest BCUT2D eigenvalue weighted by atomic mass is 9.45. The maximum Gasteiger partial charge on any atom is 0.302 e. The number of ether oxygens (including phenoxy) is 1. The summed E-state index contributed by atoms with van der Waals surface area (Å²) in [7, 11) is 0. The number of carbonyl (C=O) groups excluding carboxylic acids is 1. The molecule has 4 aliphatic rings. The minimum absolute atomic E-state index is 0.0494. The van der Waals surface area contributed by atoms with Crippen LogP contribution in [0.2, 0.25) is 0 Å². The van der Waals surface area contributed by atoms with E-state index in [4.69, 9.17) is 4.74 Å². The monoisotopic (exact) mass is 488 g/mol. The molecule has 198 valence electrons. The number of aliphatic hydroxyl groups is 3. The number of carbonyl (C=O) groups is 1. The maximum absolute atomic E-state index is 12.1. The van der Waals surface area contributed by atoms with Crippen LogP contribution in [0.1, 0.15) is 80.6 Å². The minimum atomic E-state index is -0.656. The predicted molar refractivity (Wildman–Crippen MR) is 137 cm³/mol. The third-order valence-corrected chi connectivity index (χ3v) is 10.8. The first-order chi connectivity index (χ1) is 16.3. The molecule has 0 aromatic heterocycles. The van der Waals surface area contributed by atoms with E-state index in [-0.39, 0.29) is 58.6 Å². The molecule has 0 radical (unpaired) electrons. The summed E-state index contributed by atoms with van der Waals surface area (Å²) < 4.78 is 5.97. The number of rotatable bonds is 5. The summed E-state index contributed by atoms with van der Waals surface area (Å²) >= 11 is 0. The van der Waals surface area contributed by atoms with Gasteiger partial charge in [0.05, 0.1) is 18.3 Å². The molecule has 0 saturated heterocycles. The van der Waals surface area contributed by atoms with E-state index in [9.17, 15) is 20.1 Å². The van der Waals surface area contributed by atoms with Crippen molar-refractivity contribution in [3.63, 3.8) is 0 Å². The summed E-state index contributed by atoms with van der Waals surface area (Å²) in [5.74, 6) is 1.05. The lowest BCUT2D eigenvalue weighted by Crippen LogP contribution is -2.60. The van der Waals surface area contributed by atoms with E-state index < -0.39 is 12.2 Å². The van der Waals surface area contributed by atoms with Crippen molar-refractivity contribution in [2.24, 2.45) is 52.3 Å². The smallest absolute Gasteiger partial charge is 0.302 e. The molecule has 0 aromatic carbocycles. The van der Waals surface area contributed by atoms with Gasteiger partial charge in [-0.05, 0) is 78.4 Å². The average molecular weight is 489 g/mol. The van der Waals surface area contributed by atoms with Crippen LogP contribution in [0.5, 0.6) is 0 Å². The summed E-state index contributed by atoms with van der Waals surface area (Å²) in [6.45, 7) is 14.9. The number of hydrogen-bond acceptors (Lipinski definition) is 5. The molecule has 0 aliphatic heterocycles. The van der Waals surface area contributed by atoms with Crippen LogP contribution in [-0.4, -0.2) is 45.7 Å². The summed E-state index contributed by atoms with van der Waals surface area (Å²) in [5.41, 5.74) is 0.650. The molecule has 12 unspecified atom stereocenters. The number of fused-ring (bicyclic) bond motifs is 5. The lowest BCUT2D eigenvalue weighted by Gasteiger charge is -2.60. The predicted octanol–water partition coefficient (Wildman–Crippen LogP) is 4.89. The van der Waals surface area contributed by atoms with Crippen molar-refractivity contribution >= 4 is 5.97 Å². The summed E-state index contributed by atoms with van der Waals surface area (Å²) in [6.07, 6.45) is 8.31. The van der Waals surface area contributed by atoms with E-state index in [2.05, 4.69) is 53.7 Å². The molecule has 0 amide bonds. The quantitative estimate of drug-likeness (QED) is 0.379. The molecule has 0 aromatic rings. The van der Waals surface area contributed by atoms with Crippen molar-refractivity contribution in [1.29, 1.82) is 0 Å². The van der Waals surface area contributed by atoms with Crippen molar-refractivity contribution < 1.29 is 24.9 Å². The number of hydrogen-bond donors (Lipinski definition) is 3. The third-order valence-electron chi connectivity index (χ3n) is 10.8. The Morgan fingerprint density at radius 3 is 2.46 bits per heavy atom. The van der Waals surface area contributed by atoms with Gasteiger partial charge in [-0.1, -0.05) is 65.3 Å². The fourth-order valence-corrected chi connectivity index (χ4v) is 8.75. The van der Waals surface area contributed by atoms with Crippen LogP contribution >= 0.6 is 0 Å². The molecule has 12 atom stereocenters. The Labute approximate surface area is 212 Å². The summed E-state index contributed by atoms with van der Waals surface area (Å²) in [4.78, 5) is 12.1. The maximum atomic E-state index is 12.1. The largest absolute Gasteiger partial charge is 0.462 e. The second kappa shape index (κ2) is 9.61. The van der Waals surface area contributed by atoms with Crippen LogP contribution in [0.25, 0.3) is 0 Å². The Morgan fingerprint density at radius 2 is 1.83 bits per heavy atom. The molecule has 35 heavy (non-hydrogen) atoms. The second-order valence-electron chi connectivity index (χ2n) is 13.2. The fourth-order valence-electron chi connectivity index (χ4n) is 8.75. The Bertz CT molecular complexity index is 863. The first kappa shape index (κ1) is 26.9. The van der Waals surface area contributed by atoms with Crippen molar-refractivity contribution in [3.05, 3.63) is 23.8 Å². The van der Waals surface area contributed by atoms with Crippen LogP contribution in [-0.2, 0) is 9.53 Å². The number of aliphatic hydroxyl groups excluding tert-OH is 3. The summed E-state index contributed by atoms with van der Waals surface area (Å²) in [6, 6.07) is 0. The molecule has 3 saturated carbocycles. The third kappa shape index (κ3) is 4.55. The van der Waals surface area contributed by atoms with Gasteiger partial charge in [0.1, 0.15) is 6.10 Å². The number of allylic oxidation sites excluding steroid dienone is 2. The van der Waals surface area contributed by atoms with E-state index in [1.807, 2.05) is 6.08 Å². The van der Waals surface area contributed by atoms with Crippen LogP contribution < -0.4 is 0 Å². The Kier molecular flexibility index (Phi) is 7.38. The van der Waals surface area contributed by atoms with Crippen LogP contribution in [0, 0.1) is 52.3 Å². The zero-order valence-electron chi connectivity index (χ0n) is 22.8. The first-order valence-corrected chi connectivity index (χ1v) is 13.9. The molecule has 3 fully saturated rings. The topological polar surface area (TPSA) is 87.0 Å². The molecule has 4 rings (SSSR count). The van der Waals surface area contributed by atoms with Gasteiger partial charge in [-0.25, -0.2) is 0 Å². The summed E-state index contributed by atoms with van der Waals surface area (Å²) in [5, 5.41) is 33.5. The molecule has 5 nitrogen and oxygen atoms in total. The average Bonchev–Trinajstić information content (AvgIpc) is 3.03. The highest BCUT2D eigenvalue weighted by Gasteiger charge is 2.66. The standard InChI is InChI=1S/C30H48O5/c1-16(2)17(3)8-9-18(4)27-25(35-19(5)31)14-22-26-23(33)13-20-12-21(32)10-11-29(20,6)28(26)24(34)15-30(22,27)7/h8-9,13,16-18,21-28,32-34H,10-12,14-15H2,1-7H3. The number of esters is 1. The second-order valence-corrected chi connectivity index (χ2v) is 13.2. The highest BCUT2D eigenvalue weighted by molar-refractivity contribution is 5.66. The molecule has 3 N–H and O–H groups in total. The molecule has 5 heteroatoms. The Hall–Kier alpha value is -1.17. The van der Waals surface area contributed by atoms with Gasteiger partial charge in [0, 0.05) is 12.8 Å². The molecule has 0 heterocycles. The van der Waals surface area contributed by atoms with E-state index in [0.717, 1.165) is 24.8 Å². The van der Waals surface area contributed by atoms with Crippen LogP contribution in [0.15, 0.2) is 23.8 Å². The molecule has 4 aliphatic carbocycles. The van der Waals surface area contributed by atoms with Gasteiger partial charge in [-0.3, -0.25) is 4.79 Å². The van der Waals surface area contributed by atoms with E-state index in [1.54, 1.807) is 0 Å². The lowest BCUT2D eigenvalue weighted by molar-refractivity contribution is -0.158. The van der Waals surface area contributed by atoms with Crippen LogP contribution in [0.4, 0.5) is 0 Å².